The molecule has 0 saturated heterocycles. The van der Waals surface area contributed by atoms with Gasteiger partial charge in [0.25, 0.3) is 0 Å². The number of aliphatic hydroxyl groups is 1. The Labute approximate surface area is 64.9 Å². The van der Waals surface area contributed by atoms with E-state index in [0.29, 0.717) is 24.6 Å². The Balaban J connectivity index is 2.58. The molecule has 0 atom stereocenters. The molecular weight excluding hydrogens is 144 g/mol. The summed E-state index contributed by atoms with van der Waals surface area (Å²) >= 11 is 0. The lowest BCUT2D eigenvalue weighted by Gasteiger charge is -1.88. The summed E-state index contributed by atoms with van der Waals surface area (Å²) in [6.07, 6.45) is 1.37. The molecule has 1 aromatic heterocycles. The molecule has 0 fully saturated rings. The summed E-state index contributed by atoms with van der Waals surface area (Å²) < 4.78 is 1.52. The third-order valence-corrected chi connectivity index (χ3v) is 1.40. The van der Waals surface area contributed by atoms with Gasteiger partial charge in [-0.25, -0.2) is 4.68 Å². The highest BCUT2D eigenvalue weighted by molar-refractivity contribution is 5.15. The maximum absolute atomic E-state index is 8.51. The standard InChI is InChI=1S/C6H12N4O/c1-10-6(7)8-5(9-10)3-2-4-11/h11H,2-4H2,1H3,(H2,7,8,9). The average Bonchev–Trinajstić information content (AvgIpc) is 2.28. The third kappa shape index (κ3) is 1.91. The van der Waals surface area contributed by atoms with Crippen molar-refractivity contribution in [2.75, 3.05) is 12.3 Å². The third-order valence-electron chi connectivity index (χ3n) is 1.40. The molecule has 0 saturated carbocycles. The highest BCUT2D eigenvalue weighted by Crippen LogP contribution is 1.99. The van der Waals surface area contributed by atoms with Gasteiger partial charge in [0.2, 0.25) is 5.95 Å². The number of rotatable bonds is 3. The second kappa shape index (κ2) is 3.34. The molecule has 5 heteroatoms. The Morgan fingerprint density at radius 3 is 2.82 bits per heavy atom. The molecule has 0 spiro atoms. The molecule has 0 aliphatic heterocycles. The van der Waals surface area contributed by atoms with Crippen LogP contribution in [0.25, 0.3) is 0 Å². The first-order valence-corrected chi connectivity index (χ1v) is 3.50. The van der Waals surface area contributed by atoms with Crippen LogP contribution in [0, 0.1) is 0 Å². The lowest BCUT2D eigenvalue weighted by atomic mass is 10.3. The van der Waals surface area contributed by atoms with Crippen molar-refractivity contribution in [1.82, 2.24) is 14.8 Å². The van der Waals surface area contributed by atoms with E-state index in [9.17, 15) is 0 Å². The fourth-order valence-electron chi connectivity index (χ4n) is 0.794. The molecule has 11 heavy (non-hydrogen) atoms. The van der Waals surface area contributed by atoms with Crippen molar-refractivity contribution in [3.8, 4) is 0 Å². The Kier molecular flexibility index (Phi) is 2.43. The summed E-state index contributed by atoms with van der Waals surface area (Å²) in [5, 5.41) is 12.5. The quantitative estimate of drug-likeness (QED) is 0.608. The van der Waals surface area contributed by atoms with Gasteiger partial charge in [-0.2, -0.15) is 10.1 Å². The van der Waals surface area contributed by atoms with Gasteiger partial charge >= 0.3 is 0 Å². The SMILES string of the molecule is Cn1nc(CCCO)nc1N. The molecule has 0 radical (unpaired) electrons. The summed E-state index contributed by atoms with van der Waals surface area (Å²) in [7, 11) is 1.74. The van der Waals surface area contributed by atoms with Gasteiger partial charge in [0.1, 0.15) is 0 Å². The second-order valence-electron chi connectivity index (χ2n) is 2.34. The highest BCUT2D eigenvalue weighted by Gasteiger charge is 2.01. The van der Waals surface area contributed by atoms with Gasteiger partial charge in [0, 0.05) is 20.1 Å². The second-order valence-corrected chi connectivity index (χ2v) is 2.34. The van der Waals surface area contributed by atoms with Crippen molar-refractivity contribution in [1.29, 1.82) is 0 Å². The number of aliphatic hydroxyl groups excluding tert-OH is 1. The predicted molar refractivity (Wildman–Crippen MR) is 40.8 cm³/mol. The number of nitrogens with zero attached hydrogens (tertiary/aromatic N) is 3. The predicted octanol–water partition coefficient (Wildman–Crippen LogP) is -0.678. The van der Waals surface area contributed by atoms with Gasteiger partial charge in [-0.15, -0.1) is 0 Å². The maximum Gasteiger partial charge on any atom is 0.218 e. The normalized spacial score (nSPS) is 10.4. The van der Waals surface area contributed by atoms with E-state index in [1.165, 1.54) is 4.68 Å². The van der Waals surface area contributed by atoms with Crippen LogP contribution in [-0.4, -0.2) is 26.5 Å². The molecule has 1 aromatic rings. The van der Waals surface area contributed by atoms with Crippen LogP contribution in [0.3, 0.4) is 0 Å². The van der Waals surface area contributed by atoms with Gasteiger partial charge in [-0.3, -0.25) is 0 Å². The Morgan fingerprint density at radius 1 is 1.64 bits per heavy atom. The first kappa shape index (κ1) is 8.00. The zero-order chi connectivity index (χ0) is 8.27. The topological polar surface area (TPSA) is 77.0 Å². The highest BCUT2D eigenvalue weighted by atomic mass is 16.2. The zero-order valence-corrected chi connectivity index (χ0v) is 6.49. The average molecular weight is 156 g/mol. The molecule has 0 aromatic carbocycles. The summed E-state index contributed by atoms with van der Waals surface area (Å²) in [6.45, 7) is 0.165. The van der Waals surface area contributed by atoms with Crippen molar-refractivity contribution in [3.63, 3.8) is 0 Å². The van der Waals surface area contributed by atoms with Gasteiger partial charge in [0.15, 0.2) is 5.82 Å². The number of nitrogen functional groups attached to an aromatic ring is 1. The molecule has 0 aliphatic carbocycles. The van der Waals surface area contributed by atoms with E-state index < -0.39 is 0 Å². The first-order chi connectivity index (χ1) is 5.24. The van der Waals surface area contributed by atoms with Crippen LogP contribution in [0.15, 0.2) is 0 Å². The van der Waals surface area contributed by atoms with Gasteiger partial charge in [-0.1, -0.05) is 0 Å². The minimum absolute atomic E-state index is 0.165. The van der Waals surface area contributed by atoms with Gasteiger partial charge in [-0.05, 0) is 6.42 Å². The van der Waals surface area contributed by atoms with Gasteiger partial charge in [0.05, 0.1) is 0 Å². The van der Waals surface area contributed by atoms with E-state index in [1.807, 2.05) is 0 Å². The summed E-state index contributed by atoms with van der Waals surface area (Å²) in [5.74, 6) is 1.11. The van der Waals surface area contributed by atoms with Crippen molar-refractivity contribution in [3.05, 3.63) is 5.82 Å². The minimum atomic E-state index is 0.165. The van der Waals surface area contributed by atoms with Gasteiger partial charge < -0.3 is 10.8 Å². The van der Waals surface area contributed by atoms with E-state index in [1.54, 1.807) is 7.05 Å². The van der Waals surface area contributed by atoms with Crippen molar-refractivity contribution < 1.29 is 5.11 Å². The van der Waals surface area contributed by atoms with E-state index in [2.05, 4.69) is 10.1 Å². The Morgan fingerprint density at radius 2 is 2.36 bits per heavy atom. The first-order valence-electron chi connectivity index (χ1n) is 3.50. The van der Waals surface area contributed by atoms with E-state index in [-0.39, 0.29) is 6.61 Å². The molecule has 0 aliphatic rings. The number of aromatic nitrogens is 3. The molecule has 0 bridgehead atoms. The minimum Gasteiger partial charge on any atom is -0.396 e. The van der Waals surface area contributed by atoms with Crippen LogP contribution in [0.2, 0.25) is 0 Å². The number of nitrogens with two attached hydrogens (primary N) is 1. The lowest BCUT2D eigenvalue weighted by molar-refractivity contribution is 0.287. The molecule has 0 amide bonds. The monoisotopic (exact) mass is 156 g/mol. The van der Waals surface area contributed by atoms with Crippen LogP contribution in [0.1, 0.15) is 12.2 Å². The van der Waals surface area contributed by atoms with Crippen LogP contribution in [-0.2, 0) is 13.5 Å². The fraction of sp³-hybridized carbons (Fsp3) is 0.667. The summed E-state index contributed by atoms with van der Waals surface area (Å²) in [4.78, 5) is 3.97. The number of hydrogen-bond donors (Lipinski definition) is 2. The van der Waals surface area contributed by atoms with Crippen molar-refractivity contribution >= 4 is 5.95 Å². The van der Waals surface area contributed by atoms with E-state index >= 15 is 0 Å². The largest absolute Gasteiger partial charge is 0.396 e. The Bertz CT molecular complexity index is 213. The fourth-order valence-corrected chi connectivity index (χ4v) is 0.794. The number of hydrogen-bond acceptors (Lipinski definition) is 4. The lowest BCUT2D eigenvalue weighted by Crippen LogP contribution is -1.97. The molecule has 5 nitrogen and oxygen atoms in total. The maximum atomic E-state index is 8.51. The van der Waals surface area contributed by atoms with Crippen LogP contribution >= 0.6 is 0 Å². The molecular formula is C6H12N4O. The van der Waals surface area contributed by atoms with Crippen molar-refractivity contribution in [2.24, 2.45) is 7.05 Å². The zero-order valence-electron chi connectivity index (χ0n) is 6.49. The summed E-state index contributed by atoms with van der Waals surface area (Å²) in [6, 6.07) is 0. The number of aryl methyl sites for hydroxylation is 2. The van der Waals surface area contributed by atoms with Crippen molar-refractivity contribution in [2.45, 2.75) is 12.8 Å². The molecule has 3 N–H and O–H groups in total. The Hall–Kier alpha value is -1.10. The van der Waals surface area contributed by atoms with Crippen LogP contribution in [0.4, 0.5) is 5.95 Å². The molecule has 0 unspecified atom stereocenters. The molecule has 1 rings (SSSR count). The van der Waals surface area contributed by atoms with E-state index in [4.69, 9.17) is 10.8 Å². The molecule has 1 heterocycles. The van der Waals surface area contributed by atoms with Crippen LogP contribution < -0.4 is 5.73 Å². The number of anilines is 1. The molecule has 62 valence electrons. The smallest absolute Gasteiger partial charge is 0.218 e. The van der Waals surface area contributed by atoms with E-state index in [0.717, 1.165) is 0 Å². The summed E-state index contributed by atoms with van der Waals surface area (Å²) in [5.41, 5.74) is 5.44. The van der Waals surface area contributed by atoms with Crippen LogP contribution in [0.5, 0.6) is 0 Å².